The molecule has 1 aromatic carbocycles. The van der Waals surface area contributed by atoms with E-state index in [9.17, 15) is 13.2 Å². The highest BCUT2D eigenvalue weighted by Gasteiger charge is 2.30. The van der Waals surface area contributed by atoms with E-state index in [1.54, 1.807) is 18.3 Å². The Morgan fingerprint density at radius 1 is 1.16 bits per heavy atom. The van der Waals surface area contributed by atoms with Crippen molar-refractivity contribution in [2.45, 2.75) is 19.5 Å². The standard InChI is InChI=1S/C14H13F3N2/c1-2-10-5-4-8-18-13(10)19-12-7-3-6-11(9-12)14(15,16)17/h3-9H,2H2,1H3,(H,18,19). The quantitative estimate of drug-likeness (QED) is 0.890. The first kappa shape index (κ1) is 13.4. The predicted octanol–water partition coefficient (Wildman–Crippen LogP) is 4.41. The van der Waals surface area contributed by atoms with Crippen molar-refractivity contribution in [2.24, 2.45) is 0 Å². The summed E-state index contributed by atoms with van der Waals surface area (Å²) in [6.07, 6.45) is -1.97. The Balaban J connectivity index is 2.29. The molecule has 19 heavy (non-hydrogen) atoms. The van der Waals surface area contributed by atoms with Gasteiger partial charge in [-0.1, -0.05) is 19.1 Å². The molecule has 0 unspecified atom stereocenters. The Kier molecular flexibility index (Phi) is 3.74. The van der Waals surface area contributed by atoms with Gasteiger partial charge in [-0.2, -0.15) is 13.2 Å². The monoisotopic (exact) mass is 266 g/mol. The molecule has 2 rings (SSSR count). The summed E-state index contributed by atoms with van der Waals surface area (Å²) in [6.45, 7) is 1.97. The lowest BCUT2D eigenvalue weighted by atomic mass is 10.1. The number of benzene rings is 1. The van der Waals surface area contributed by atoms with Crippen LogP contribution in [0.2, 0.25) is 0 Å². The molecule has 5 heteroatoms. The predicted molar refractivity (Wildman–Crippen MR) is 68.3 cm³/mol. The van der Waals surface area contributed by atoms with Crippen LogP contribution in [0.3, 0.4) is 0 Å². The van der Waals surface area contributed by atoms with Crippen molar-refractivity contribution in [2.75, 3.05) is 5.32 Å². The van der Waals surface area contributed by atoms with Crippen molar-refractivity contribution in [1.82, 2.24) is 4.98 Å². The second kappa shape index (κ2) is 5.30. The fraction of sp³-hybridized carbons (Fsp3) is 0.214. The van der Waals surface area contributed by atoms with E-state index in [4.69, 9.17) is 0 Å². The Labute approximate surface area is 109 Å². The normalized spacial score (nSPS) is 11.4. The van der Waals surface area contributed by atoms with E-state index in [1.165, 1.54) is 6.07 Å². The maximum Gasteiger partial charge on any atom is 0.416 e. The third-order valence-electron chi connectivity index (χ3n) is 2.72. The number of aromatic nitrogens is 1. The molecule has 0 aliphatic carbocycles. The summed E-state index contributed by atoms with van der Waals surface area (Å²) in [4.78, 5) is 4.14. The summed E-state index contributed by atoms with van der Waals surface area (Å²) in [5.41, 5.74) is 0.662. The molecular weight excluding hydrogens is 253 g/mol. The number of anilines is 2. The third-order valence-corrected chi connectivity index (χ3v) is 2.72. The van der Waals surface area contributed by atoms with Crippen molar-refractivity contribution in [1.29, 1.82) is 0 Å². The lowest BCUT2D eigenvalue weighted by molar-refractivity contribution is -0.137. The molecule has 0 bridgehead atoms. The van der Waals surface area contributed by atoms with E-state index in [1.807, 2.05) is 13.0 Å². The van der Waals surface area contributed by atoms with Gasteiger partial charge in [0.2, 0.25) is 0 Å². The maximum atomic E-state index is 12.6. The average molecular weight is 266 g/mol. The zero-order valence-electron chi connectivity index (χ0n) is 10.3. The Morgan fingerprint density at radius 3 is 2.63 bits per heavy atom. The van der Waals surface area contributed by atoms with E-state index in [0.29, 0.717) is 11.5 Å². The van der Waals surface area contributed by atoms with Gasteiger partial charge in [0.05, 0.1) is 5.56 Å². The van der Waals surface area contributed by atoms with E-state index in [-0.39, 0.29) is 0 Å². The first-order valence-electron chi connectivity index (χ1n) is 5.89. The van der Waals surface area contributed by atoms with Crippen LogP contribution in [0.5, 0.6) is 0 Å². The van der Waals surface area contributed by atoms with Crippen molar-refractivity contribution < 1.29 is 13.2 Å². The van der Waals surface area contributed by atoms with E-state index >= 15 is 0 Å². The summed E-state index contributed by atoms with van der Waals surface area (Å²) in [7, 11) is 0. The van der Waals surface area contributed by atoms with Gasteiger partial charge in [-0.05, 0) is 36.2 Å². The fourth-order valence-electron chi connectivity index (χ4n) is 1.75. The number of aryl methyl sites for hydroxylation is 1. The van der Waals surface area contributed by atoms with Crippen LogP contribution in [-0.4, -0.2) is 4.98 Å². The first-order valence-corrected chi connectivity index (χ1v) is 5.89. The average Bonchev–Trinajstić information content (AvgIpc) is 2.39. The Hall–Kier alpha value is -2.04. The van der Waals surface area contributed by atoms with Gasteiger partial charge in [-0.15, -0.1) is 0 Å². The number of hydrogen-bond acceptors (Lipinski definition) is 2. The van der Waals surface area contributed by atoms with Crippen molar-refractivity contribution >= 4 is 11.5 Å². The molecule has 2 aromatic rings. The van der Waals surface area contributed by atoms with Crippen molar-refractivity contribution in [3.63, 3.8) is 0 Å². The van der Waals surface area contributed by atoms with Gasteiger partial charge in [0.15, 0.2) is 0 Å². The zero-order valence-corrected chi connectivity index (χ0v) is 10.3. The molecular formula is C14H13F3N2. The lowest BCUT2D eigenvalue weighted by Gasteiger charge is -2.12. The highest BCUT2D eigenvalue weighted by molar-refractivity contribution is 5.60. The van der Waals surface area contributed by atoms with E-state index in [0.717, 1.165) is 24.1 Å². The largest absolute Gasteiger partial charge is 0.416 e. The minimum atomic E-state index is -4.34. The number of nitrogens with one attached hydrogen (secondary N) is 1. The molecule has 0 spiro atoms. The van der Waals surface area contributed by atoms with Gasteiger partial charge in [-0.3, -0.25) is 0 Å². The second-order valence-electron chi connectivity index (χ2n) is 4.07. The van der Waals surface area contributed by atoms with Crippen LogP contribution in [0.1, 0.15) is 18.1 Å². The smallest absolute Gasteiger partial charge is 0.340 e. The topological polar surface area (TPSA) is 24.9 Å². The molecule has 0 aliphatic rings. The number of halogens is 3. The molecule has 0 saturated carbocycles. The fourth-order valence-corrected chi connectivity index (χ4v) is 1.75. The van der Waals surface area contributed by atoms with Gasteiger partial charge < -0.3 is 5.32 Å². The van der Waals surface area contributed by atoms with Gasteiger partial charge in [0.1, 0.15) is 5.82 Å². The van der Waals surface area contributed by atoms with E-state index < -0.39 is 11.7 Å². The molecule has 1 heterocycles. The summed E-state index contributed by atoms with van der Waals surface area (Å²) in [5.74, 6) is 0.587. The molecule has 0 radical (unpaired) electrons. The molecule has 1 aromatic heterocycles. The first-order chi connectivity index (χ1) is 9.00. The van der Waals surface area contributed by atoms with Crippen LogP contribution in [0.25, 0.3) is 0 Å². The summed E-state index contributed by atoms with van der Waals surface area (Å²) in [6, 6.07) is 8.78. The number of alkyl halides is 3. The number of hydrogen-bond donors (Lipinski definition) is 1. The minimum absolute atomic E-state index is 0.378. The molecule has 1 N–H and O–H groups in total. The molecule has 0 fully saturated rings. The van der Waals surface area contributed by atoms with E-state index in [2.05, 4.69) is 10.3 Å². The second-order valence-corrected chi connectivity index (χ2v) is 4.07. The maximum absolute atomic E-state index is 12.6. The molecule has 0 amide bonds. The minimum Gasteiger partial charge on any atom is -0.340 e. The molecule has 2 nitrogen and oxygen atoms in total. The van der Waals surface area contributed by atoms with Crippen LogP contribution < -0.4 is 5.32 Å². The summed E-state index contributed by atoms with van der Waals surface area (Å²) in [5, 5.41) is 2.92. The SMILES string of the molecule is CCc1cccnc1Nc1cccc(C(F)(F)F)c1. The van der Waals surface area contributed by atoms with Crippen LogP contribution in [-0.2, 0) is 12.6 Å². The number of rotatable bonds is 3. The van der Waals surface area contributed by atoms with Crippen LogP contribution in [0.4, 0.5) is 24.7 Å². The Bertz CT molecular complexity index is 565. The summed E-state index contributed by atoms with van der Waals surface area (Å²) < 4.78 is 37.8. The molecule has 0 atom stereocenters. The van der Waals surface area contributed by atoms with Gasteiger partial charge in [-0.25, -0.2) is 4.98 Å². The molecule has 100 valence electrons. The Morgan fingerprint density at radius 2 is 1.95 bits per heavy atom. The van der Waals surface area contributed by atoms with Gasteiger partial charge in [0, 0.05) is 11.9 Å². The summed E-state index contributed by atoms with van der Waals surface area (Å²) >= 11 is 0. The van der Waals surface area contributed by atoms with Crippen LogP contribution in [0, 0.1) is 0 Å². The van der Waals surface area contributed by atoms with Crippen molar-refractivity contribution in [3.8, 4) is 0 Å². The number of nitrogens with zero attached hydrogens (tertiary/aromatic N) is 1. The van der Waals surface area contributed by atoms with Crippen LogP contribution >= 0.6 is 0 Å². The highest BCUT2D eigenvalue weighted by atomic mass is 19.4. The zero-order chi connectivity index (χ0) is 13.9. The highest BCUT2D eigenvalue weighted by Crippen LogP contribution is 2.31. The van der Waals surface area contributed by atoms with Crippen LogP contribution in [0.15, 0.2) is 42.6 Å². The molecule has 0 aliphatic heterocycles. The molecule has 0 saturated heterocycles. The van der Waals surface area contributed by atoms with Gasteiger partial charge >= 0.3 is 6.18 Å². The third kappa shape index (κ3) is 3.24. The van der Waals surface area contributed by atoms with Crippen molar-refractivity contribution in [3.05, 3.63) is 53.7 Å². The van der Waals surface area contributed by atoms with Gasteiger partial charge in [0.25, 0.3) is 0 Å². The number of pyridine rings is 1. The lowest BCUT2D eigenvalue weighted by Crippen LogP contribution is -2.05.